The van der Waals surface area contributed by atoms with E-state index in [-0.39, 0.29) is 16.6 Å². The molecule has 0 spiro atoms. The van der Waals surface area contributed by atoms with Crippen molar-refractivity contribution in [2.45, 2.75) is 18.8 Å². The molecule has 1 aliphatic rings. The molecule has 5 heteroatoms. The van der Waals surface area contributed by atoms with Gasteiger partial charge in [0, 0.05) is 19.2 Å². The highest BCUT2D eigenvalue weighted by Gasteiger charge is 2.38. The summed E-state index contributed by atoms with van der Waals surface area (Å²) in [5.74, 6) is -2.83. The lowest BCUT2D eigenvalue weighted by atomic mass is 10.0. The number of halogens is 3. The van der Waals surface area contributed by atoms with E-state index >= 15 is 0 Å². The molecule has 0 fully saturated rings. The number of nitrogens with zero attached hydrogens (tertiary/aromatic N) is 1. The first-order valence-corrected chi connectivity index (χ1v) is 4.38. The number of alkyl halides is 2. The molecule has 0 aliphatic carbocycles. The van der Waals surface area contributed by atoms with Crippen LogP contribution in [0.1, 0.15) is 12.8 Å². The summed E-state index contributed by atoms with van der Waals surface area (Å²) in [5.41, 5.74) is 4.88. The van der Waals surface area contributed by atoms with E-state index in [2.05, 4.69) is 20.9 Å². The van der Waals surface area contributed by atoms with Gasteiger partial charge in [0.1, 0.15) is 5.71 Å². The molecule has 0 unspecified atom stereocenters. The largest absolute Gasteiger partial charge is 0.404 e. The van der Waals surface area contributed by atoms with E-state index in [1.54, 1.807) is 0 Å². The molecule has 0 atom stereocenters. The summed E-state index contributed by atoms with van der Waals surface area (Å²) >= 11 is 2.94. The minimum Gasteiger partial charge on any atom is -0.404 e. The lowest BCUT2D eigenvalue weighted by molar-refractivity contribution is 0.0624. The van der Waals surface area contributed by atoms with Crippen LogP contribution in [0.15, 0.2) is 15.7 Å². The van der Waals surface area contributed by atoms with Crippen LogP contribution in [0, 0.1) is 0 Å². The Hall–Kier alpha value is -0.450. The topological polar surface area (TPSA) is 38.4 Å². The summed E-state index contributed by atoms with van der Waals surface area (Å²) in [4.78, 5) is 3.72. The molecule has 1 aliphatic heterocycles. The lowest BCUT2D eigenvalue weighted by Crippen LogP contribution is -2.32. The van der Waals surface area contributed by atoms with Gasteiger partial charge in [0.15, 0.2) is 0 Å². The number of allylic oxidation sites excluding steroid dienone is 1. The third-order valence-corrected chi connectivity index (χ3v) is 2.28. The van der Waals surface area contributed by atoms with Crippen LogP contribution in [0.2, 0.25) is 0 Å². The Labute approximate surface area is 77.7 Å². The summed E-state index contributed by atoms with van der Waals surface area (Å²) in [6.07, 6.45) is 1.38. The van der Waals surface area contributed by atoms with E-state index in [0.29, 0.717) is 13.0 Å². The predicted molar refractivity (Wildman–Crippen MR) is 47.7 cm³/mol. The maximum atomic E-state index is 13.0. The molecule has 0 bridgehead atoms. The van der Waals surface area contributed by atoms with Crippen LogP contribution in [0.25, 0.3) is 0 Å². The highest BCUT2D eigenvalue weighted by molar-refractivity contribution is 9.12. The molecule has 0 amide bonds. The van der Waals surface area contributed by atoms with Gasteiger partial charge in [0.05, 0.1) is 4.48 Å². The van der Waals surface area contributed by atoms with Crippen molar-refractivity contribution >= 4 is 21.6 Å². The smallest absolute Gasteiger partial charge is 0.290 e. The molecule has 68 valence electrons. The summed E-state index contributed by atoms with van der Waals surface area (Å²) < 4.78 is 26.3. The fourth-order valence-electron chi connectivity index (χ4n) is 1.06. The minimum absolute atomic E-state index is 0.144. The maximum absolute atomic E-state index is 13.0. The first-order chi connectivity index (χ1) is 5.58. The van der Waals surface area contributed by atoms with Crippen molar-refractivity contribution in [1.29, 1.82) is 0 Å². The second-order valence-corrected chi connectivity index (χ2v) is 3.41. The highest BCUT2D eigenvalue weighted by atomic mass is 79.9. The van der Waals surface area contributed by atoms with Crippen LogP contribution >= 0.6 is 15.9 Å². The Morgan fingerprint density at radius 3 is 2.83 bits per heavy atom. The predicted octanol–water partition coefficient (Wildman–Crippen LogP) is 2.05. The molecule has 2 nitrogen and oxygen atoms in total. The molecule has 0 aromatic rings. The lowest BCUT2D eigenvalue weighted by Gasteiger charge is -2.21. The molecule has 1 heterocycles. The highest BCUT2D eigenvalue weighted by Crippen LogP contribution is 2.31. The van der Waals surface area contributed by atoms with Crippen molar-refractivity contribution in [2.75, 3.05) is 6.54 Å². The van der Waals surface area contributed by atoms with E-state index in [9.17, 15) is 8.78 Å². The Balaban J connectivity index is 2.93. The summed E-state index contributed by atoms with van der Waals surface area (Å²) in [7, 11) is 0. The standard InChI is InChI=1S/C7H9BrF2N2/c8-5(4-11)6-7(9,10)2-1-3-12-6/h4H,1-3,11H2. The van der Waals surface area contributed by atoms with Crippen LogP contribution in [-0.2, 0) is 0 Å². The zero-order valence-electron chi connectivity index (χ0n) is 6.36. The average molecular weight is 239 g/mol. The quantitative estimate of drug-likeness (QED) is 0.747. The number of rotatable bonds is 1. The van der Waals surface area contributed by atoms with E-state index in [4.69, 9.17) is 5.73 Å². The molecular formula is C7H9BrF2N2. The Morgan fingerprint density at radius 1 is 1.67 bits per heavy atom. The third-order valence-electron chi connectivity index (χ3n) is 1.64. The molecule has 0 saturated heterocycles. The molecule has 2 N–H and O–H groups in total. The minimum atomic E-state index is -2.83. The van der Waals surface area contributed by atoms with Gasteiger partial charge in [-0.3, -0.25) is 4.99 Å². The van der Waals surface area contributed by atoms with Crippen molar-refractivity contribution in [2.24, 2.45) is 10.7 Å². The molecular weight excluding hydrogens is 230 g/mol. The van der Waals surface area contributed by atoms with Gasteiger partial charge in [-0.1, -0.05) is 0 Å². The normalized spacial score (nSPS) is 23.6. The second kappa shape index (κ2) is 3.51. The second-order valence-electron chi connectivity index (χ2n) is 2.55. The van der Waals surface area contributed by atoms with Gasteiger partial charge < -0.3 is 5.73 Å². The van der Waals surface area contributed by atoms with Crippen LogP contribution in [0.5, 0.6) is 0 Å². The Bertz CT molecular complexity index is 236. The van der Waals surface area contributed by atoms with Gasteiger partial charge in [-0.15, -0.1) is 0 Å². The fourth-order valence-corrected chi connectivity index (χ4v) is 1.47. The van der Waals surface area contributed by atoms with Gasteiger partial charge in [-0.25, -0.2) is 0 Å². The van der Waals surface area contributed by atoms with Crippen molar-refractivity contribution in [1.82, 2.24) is 0 Å². The number of aliphatic imine (C=N–C) groups is 1. The maximum Gasteiger partial charge on any atom is 0.290 e. The monoisotopic (exact) mass is 238 g/mol. The van der Waals surface area contributed by atoms with Crippen LogP contribution in [0.4, 0.5) is 8.78 Å². The van der Waals surface area contributed by atoms with Crippen molar-refractivity contribution in [3.8, 4) is 0 Å². The van der Waals surface area contributed by atoms with Crippen LogP contribution in [-0.4, -0.2) is 18.2 Å². The first kappa shape index (κ1) is 9.64. The Kier molecular flexibility index (Phi) is 2.82. The van der Waals surface area contributed by atoms with Gasteiger partial charge in [0.25, 0.3) is 5.92 Å². The van der Waals surface area contributed by atoms with Gasteiger partial charge in [-0.2, -0.15) is 8.78 Å². The first-order valence-electron chi connectivity index (χ1n) is 3.58. The summed E-state index contributed by atoms with van der Waals surface area (Å²) in [6, 6.07) is 0. The molecule has 0 aromatic heterocycles. The van der Waals surface area contributed by atoms with E-state index in [1.807, 2.05) is 0 Å². The number of nitrogens with two attached hydrogens (primary N) is 1. The molecule has 12 heavy (non-hydrogen) atoms. The Morgan fingerprint density at radius 2 is 2.33 bits per heavy atom. The van der Waals surface area contributed by atoms with Crippen molar-refractivity contribution < 1.29 is 8.78 Å². The zero-order valence-corrected chi connectivity index (χ0v) is 7.94. The SMILES string of the molecule is NC=C(Br)C1=NCCCC1(F)F. The van der Waals surface area contributed by atoms with Crippen molar-refractivity contribution in [3.63, 3.8) is 0 Å². The van der Waals surface area contributed by atoms with Gasteiger partial charge in [0.2, 0.25) is 0 Å². The molecule has 0 radical (unpaired) electrons. The van der Waals surface area contributed by atoms with E-state index in [1.165, 1.54) is 0 Å². The molecule has 0 saturated carbocycles. The van der Waals surface area contributed by atoms with E-state index < -0.39 is 5.92 Å². The van der Waals surface area contributed by atoms with E-state index in [0.717, 1.165) is 6.20 Å². The van der Waals surface area contributed by atoms with Crippen LogP contribution in [0.3, 0.4) is 0 Å². The van der Waals surface area contributed by atoms with Crippen LogP contribution < -0.4 is 5.73 Å². The fraction of sp³-hybridized carbons (Fsp3) is 0.571. The number of hydrogen-bond acceptors (Lipinski definition) is 2. The summed E-state index contributed by atoms with van der Waals surface area (Å²) in [5, 5.41) is 0. The van der Waals surface area contributed by atoms with Gasteiger partial charge in [-0.05, 0) is 22.4 Å². The molecule has 0 aromatic carbocycles. The summed E-state index contributed by atoms with van der Waals surface area (Å²) in [6.45, 7) is 0.452. The average Bonchev–Trinajstić information content (AvgIpc) is 2.02. The zero-order chi connectivity index (χ0) is 9.19. The third kappa shape index (κ3) is 1.83. The van der Waals surface area contributed by atoms with Crippen molar-refractivity contribution in [3.05, 3.63) is 10.7 Å². The number of hydrogen-bond donors (Lipinski definition) is 1. The molecule has 1 rings (SSSR count). The van der Waals surface area contributed by atoms with Gasteiger partial charge >= 0.3 is 0 Å².